The first kappa shape index (κ1) is 14.4. The molecule has 1 unspecified atom stereocenters. The number of hydrogen-bond acceptors (Lipinski definition) is 1. The third-order valence-electron chi connectivity index (χ3n) is 3.25. The van der Waals surface area contributed by atoms with Crippen LogP contribution in [0, 0.1) is 5.92 Å². The van der Waals surface area contributed by atoms with Crippen LogP contribution in [0.25, 0.3) is 0 Å². The van der Waals surface area contributed by atoms with Crippen LogP contribution in [-0.4, -0.2) is 0 Å². The van der Waals surface area contributed by atoms with Gasteiger partial charge in [0.15, 0.2) is 0 Å². The van der Waals surface area contributed by atoms with E-state index in [-0.39, 0.29) is 0 Å². The average molecular weight is 266 g/mol. The van der Waals surface area contributed by atoms with E-state index >= 15 is 0 Å². The lowest BCUT2D eigenvalue weighted by Gasteiger charge is -2.09. The van der Waals surface area contributed by atoms with Crippen molar-refractivity contribution in [1.82, 2.24) is 0 Å². The minimum Gasteiger partial charge on any atom is -0.489 e. The van der Waals surface area contributed by atoms with Gasteiger partial charge in [-0.1, -0.05) is 61.5 Å². The van der Waals surface area contributed by atoms with E-state index in [2.05, 4.69) is 62.4 Å². The molecule has 0 aliphatic carbocycles. The van der Waals surface area contributed by atoms with Crippen molar-refractivity contribution in [3.8, 4) is 5.75 Å². The van der Waals surface area contributed by atoms with Gasteiger partial charge in [-0.3, -0.25) is 0 Å². The molecule has 0 fully saturated rings. The van der Waals surface area contributed by atoms with Crippen LogP contribution in [0.5, 0.6) is 5.75 Å². The van der Waals surface area contributed by atoms with Crippen LogP contribution in [0.2, 0.25) is 0 Å². The van der Waals surface area contributed by atoms with Crippen LogP contribution in [0.1, 0.15) is 25.0 Å². The maximum atomic E-state index is 5.79. The molecule has 1 nitrogen and oxygen atoms in total. The number of benzene rings is 2. The first-order valence-electron chi connectivity index (χ1n) is 7.16. The zero-order valence-corrected chi connectivity index (χ0v) is 12.3. The minimum absolute atomic E-state index is 0.580. The Hall–Kier alpha value is -2.02. The Bertz CT molecular complexity index is 525. The Kier molecular flexibility index (Phi) is 5.43. The van der Waals surface area contributed by atoms with E-state index in [1.807, 2.05) is 18.2 Å². The Balaban J connectivity index is 1.88. The fourth-order valence-corrected chi connectivity index (χ4v) is 2.23. The van der Waals surface area contributed by atoms with Crippen LogP contribution in [-0.2, 0) is 13.0 Å². The predicted molar refractivity (Wildman–Crippen MR) is 84.9 cm³/mol. The van der Waals surface area contributed by atoms with E-state index in [0.29, 0.717) is 12.5 Å². The highest BCUT2D eigenvalue weighted by Crippen LogP contribution is 2.17. The van der Waals surface area contributed by atoms with Gasteiger partial charge in [-0.2, -0.15) is 0 Å². The van der Waals surface area contributed by atoms with Gasteiger partial charge in [0.2, 0.25) is 0 Å². The van der Waals surface area contributed by atoms with Gasteiger partial charge in [0.1, 0.15) is 12.4 Å². The molecule has 20 heavy (non-hydrogen) atoms. The Morgan fingerprint density at radius 3 is 2.30 bits per heavy atom. The van der Waals surface area contributed by atoms with Crippen molar-refractivity contribution in [3.05, 3.63) is 77.9 Å². The summed E-state index contributed by atoms with van der Waals surface area (Å²) in [6.45, 7) is 4.92. The van der Waals surface area contributed by atoms with Gasteiger partial charge in [0, 0.05) is 0 Å². The fraction of sp³-hybridized carbons (Fsp3) is 0.263. The molecule has 2 aromatic rings. The molecule has 0 aliphatic heterocycles. The third-order valence-corrected chi connectivity index (χ3v) is 3.25. The second-order valence-corrected chi connectivity index (χ2v) is 5.13. The highest BCUT2D eigenvalue weighted by Gasteiger charge is 2.01. The van der Waals surface area contributed by atoms with E-state index in [1.165, 1.54) is 11.1 Å². The SMILES string of the molecule is C/C=C\C(C)Cc1ccc(OCc2ccccc2)cc1. The average Bonchev–Trinajstić information content (AvgIpc) is 2.48. The van der Waals surface area contributed by atoms with Crippen LogP contribution in [0.3, 0.4) is 0 Å². The highest BCUT2D eigenvalue weighted by molar-refractivity contribution is 5.28. The number of rotatable bonds is 6. The van der Waals surface area contributed by atoms with Crippen molar-refractivity contribution < 1.29 is 4.74 Å². The molecule has 0 bridgehead atoms. The molecule has 0 aromatic heterocycles. The molecular formula is C19H22O. The lowest BCUT2D eigenvalue weighted by atomic mass is 10.0. The number of hydrogen-bond donors (Lipinski definition) is 0. The van der Waals surface area contributed by atoms with Gasteiger partial charge >= 0.3 is 0 Å². The van der Waals surface area contributed by atoms with E-state index in [4.69, 9.17) is 4.74 Å². The Morgan fingerprint density at radius 1 is 0.950 bits per heavy atom. The predicted octanol–water partition coefficient (Wildman–Crippen LogP) is 5.02. The van der Waals surface area contributed by atoms with Crippen LogP contribution in [0.15, 0.2) is 66.7 Å². The van der Waals surface area contributed by atoms with Crippen molar-refractivity contribution in [2.24, 2.45) is 5.92 Å². The lowest BCUT2D eigenvalue weighted by molar-refractivity contribution is 0.306. The van der Waals surface area contributed by atoms with E-state index in [9.17, 15) is 0 Å². The standard InChI is InChI=1S/C19H22O/c1-3-7-16(2)14-17-10-12-19(13-11-17)20-15-18-8-5-4-6-9-18/h3-13,16H,14-15H2,1-2H3/b7-3-. The first-order chi connectivity index (χ1) is 9.78. The van der Waals surface area contributed by atoms with Crippen molar-refractivity contribution in [3.63, 3.8) is 0 Å². The van der Waals surface area contributed by atoms with Gasteiger partial charge in [-0.25, -0.2) is 0 Å². The van der Waals surface area contributed by atoms with Crippen LogP contribution < -0.4 is 4.74 Å². The quantitative estimate of drug-likeness (QED) is 0.667. The topological polar surface area (TPSA) is 9.23 Å². The molecule has 0 saturated carbocycles. The minimum atomic E-state index is 0.580. The first-order valence-corrected chi connectivity index (χ1v) is 7.16. The molecule has 2 aromatic carbocycles. The molecule has 0 aliphatic rings. The van der Waals surface area contributed by atoms with Crippen molar-refractivity contribution in [2.45, 2.75) is 26.9 Å². The summed E-state index contributed by atoms with van der Waals surface area (Å²) < 4.78 is 5.79. The zero-order chi connectivity index (χ0) is 14.2. The van der Waals surface area contributed by atoms with Crippen LogP contribution in [0.4, 0.5) is 0 Å². The van der Waals surface area contributed by atoms with Gasteiger partial charge in [-0.15, -0.1) is 0 Å². The Morgan fingerprint density at radius 2 is 1.65 bits per heavy atom. The van der Waals surface area contributed by atoms with E-state index in [0.717, 1.165) is 12.2 Å². The summed E-state index contributed by atoms with van der Waals surface area (Å²) in [6, 6.07) is 18.7. The molecule has 1 heteroatoms. The molecule has 104 valence electrons. The second kappa shape index (κ2) is 7.54. The summed E-state index contributed by atoms with van der Waals surface area (Å²) in [5.74, 6) is 1.51. The normalized spacial score (nSPS) is 12.5. The molecule has 0 radical (unpaired) electrons. The van der Waals surface area contributed by atoms with Crippen molar-refractivity contribution >= 4 is 0 Å². The Labute approximate surface area is 121 Å². The van der Waals surface area contributed by atoms with Crippen molar-refractivity contribution in [2.75, 3.05) is 0 Å². The molecular weight excluding hydrogens is 244 g/mol. The number of ether oxygens (including phenoxy) is 1. The summed E-state index contributed by atoms with van der Waals surface area (Å²) in [6.07, 6.45) is 5.42. The summed E-state index contributed by atoms with van der Waals surface area (Å²) in [5.41, 5.74) is 2.54. The van der Waals surface area contributed by atoms with E-state index in [1.54, 1.807) is 0 Å². The molecule has 2 rings (SSSR count). The van der Waals surface area contributed by atoms with Crippen molar-refractivity contribution in [1.29, 1.82) is 0 Å². The summed E-state index contributed by atoms with van der Waals surface area (Å²) in [4.78, 5) is 0. The molecule has 0 N–H and O–H groups in total. The van der Waals surface area contributed by atoms with Gasteiger partial charge < -0.3 is 4.74 Å². The second-order valence-electron chi connectivity index (χ2n) is 5.13. The van der Waals surface area contributed by atoms with Gasteiger partial charge in [0.05, 0.1) is 0 Å². The number of allylic oxidation sites excluding steroid dienone is 2. The largest absolute Gasteiger partial charge is 0.489 e. The van der Waals surface area contributed by atoms with E-state index < -0.39 is 0 Å². The smallest absolute Gasteiger partial charge is 0.119 e. The molecule has 0 saturated heterocycles. The summed E-state index contributed by atoms with van der Waals surface area (Å²) in [5, 5.41) is 0. The maximum absolute atomic E-state index is 5.79. The third kappa shape index (κ3) is 4.58. The zero-order valence-electron chi connectivity index (χ0n) is 12.3. The molecule has 0 spiro atoms. The summed E-state index contributed by atoms with van der Waals surface area (Å²) in [7, 11) is 0. The van der Waals surface area contributed by atoms with Gasteiger partial charge in [0.25, 0.3) is 0 Å². The monoisotopic (exact) mass is 266 g/mol. The lowest BCUT2D eigenvalue weighted by Crippen LogP contribution is -1.97. The van der Waals surface area contributed by atoms with Crippen LogP contribution >= 0.6 is 0 Å². The van der Waals surface area contributed by atoms with Gasteiger partial charge in [-0.05, 0) is 42.5 Å². The summed E-state index contributed by atoms with van der Waals surface area (Å²) >= 11 is 0. The molecule has 0 amide bonds. The molecule has 1 atom stereocenters. The molecule has 0 heterocycles. The highest BCUT2D eigenvalue weighted by atomic mass is 16.5. The maximum Gasteiger partial charge on any atom is 0.119 e. The fourth-order valence-electron chi connectivity index (χ4n) is 2.23.